The van der Waals surface area contributed by atoms with E-state index in [0.29, 0.717) is 19.8 Å². The van der Waals surface area contributed by atoms with Gasteiger partial charge in [0.05, 0.1) is 13.2 Å². The summed E-state index contributed by atoms with van der Waals surface area (Å²) in [7, 11) is 3.99. The van der Waals surface area contributed by atoms with Crippen LogP contribution in [0.4, 0.5) is 0 Å². The zero-order valence-electron chi connectivity index (χ0n) is 13.4. The van der Waals surface area contributed by atoms with Gasteiger partial charge in [-0.25, -0.2) is 0 Å². The molecule has 0 aliphatic carbocycles. The maximum atomic E-state index is 11.7. The van der Waals surface area contributed by atoms with Gasteiger partial charge in [-0.2, -0.15) is 0 Å². The molecule has 0 unspecified atom stereocenters. The fourth-order valence-electron chi connectivity index (χ4n) is 1.67. The summed E-state index contributed by atoms with van der Waals surface area (Å²) in [6, 6.07) is 5.95. The number of hydrogen-bond acceptors (Lipinski definition) is 4. The van der Waals surface area contributed by atoms with Gasteiger partial charge in [-0.15, -0.1) is 0 Å². The lowest BCUT2D eigenvalue weighted by molar-refractivity contribution is -0.123. The molecule has 0 spiro atoms. The summed E-state index contributed by atoms with van der Waals surface area (Å²) in [4.78, 5) is 13.7. The molecule has 1 N–H and O–H groups in total. The van der Waals surface area contributed by atoms with E-state index in [0.717, 1.165) is 23.4 Å². The Labute approximate surface area is 127 Å². The zero-order valence-corrected chi connectivity index (χ0v) is 13.4. The molecule has 1 aromatic rings. The fourth-order valence-corrected chi connectivity index (χ4v) is 1.67. The molecule has 5 nitrogen and oxygen atoms in total. The van der Waals surface area contributed by atoms with Crippen molar-refractivity contribution in [3.63, 3.8) is 0 Å². The molecule has 0 radical (unpaired) electrons. The Morgan fingerprint density at radius 3 is 2.71 bits per heavy atom. The first kappa shape index (κ1) is 17.5. The van der Waals surface area contributed by atoms with Crippen LogP contribution in [0.25, 0.3) is 0 Å². The van der Waals surface area contributed by atoms with Crippen molar-refractivity contribution in [2.45, 2.75) is 13.8 Å². The molecule has 118 valence electrons. The van der Waals surface area contributed by atoms with Crippen LogP contribution in [0.5, 0.6) is 5.75 Å². The fraction of sp³-hybridized carbons (Fsp3) is 0.562. The number of nitrogens with one attached hydrogen (secondary N) is 1. The van der Waals surface area contributed by atoms with Gasteiger partial charge in [0.2, 0.25) is 0 Å². The third-order valence-corrected chi connectivity index (χ3v) is 2.95. The molecular weight excluding hydrogens is 268 g/mol. The van der Waals surface area contributed by atoms with Crippen LogP contribution in [0, 0.1) is 13.8 Å². The van der Waals surface area contributed by atoms with Gasteiger partial charge in [0.15, 0.2) is 6.61 Å². The van der Waals surface area contributed by atoms with E-state index in [4.69, 9.17) is 9.47 Å². The molecule has 0 fully saturated rings. The highest BCUT2D eigenvalue weighted by molar-refractivity contribution is 5.77. The van der Waals surface area contributed by atoms with Crippen molar-refractivity contribution in [2.75, 3.05) is 47.0 Å². The maximum Gasteiger partial charge on any atom is 0.258 e. The minimum Gasteiger partial charge on any atom is -0.483 e. The van der Waals surface area contributed by atoms with Gasteiger partial charge < -0.3 is 19.7 Å². The largest absolute Gasteiger partial charge is 0.483 e. The lowest BCUT2D eigenvalue weighted by atomic mass is 10.1. The zero-order chi connectivity index (χ0) is 15.7. The van der Waals surface area contributed by atoms with Gasteiger partial charge in [-0.1, -0.05) is 12.1 Å². The van der Waals surface area contributed by atoms with Crippen molar-refractivity contribution in [3.05, 3.63) is 29.3 Å². The molecule has 0 aliphatic heterocycles. The molecule has 0 aliphatic rings. The molecule has 0 aromatic heterocycles. The third kappa shape index (κ3) is 7.68. The summed E-state index contributed by atoms with van der Waals surface area (Å²) in [5.41, 5.74) is 2.14. The standard InChI is InChI=1S/C16H26N2O3/c1-13-5-6-14(2)15(11-13)21-12-16(19)17-7-9-20-10-8-18(3)4/h5-6,11H,7-10,12H2,1-4H3,(H,17,19). The lowest BCUT2D eigenvalue weighted by Crippen LogP contribution is -2.32. The summed E-state index contributed by atoms with van der Waals surface area (Å²) < 4.78 is 10.9. The predicted molar refractivity (Wildman–Crippen MR) is 83.8 cm³/mol. The molecule has 0 atom stereocenters. The number of benzene rings is 1. The molecule has 0 saturated carbocycles. The Morgan fingerprint density at radius 1 is 1.24 bits per heavy atom. The van der Waals surface area contributed by atoms with Gasteiger partial charge in [-0.3, -0.25) is 4.79 Å². The first-order valence-corrected chi connectivity index (χ1v) is 7.18. The van der Waals surface area contributed by atoms with Crippen LogP contribution in [0.2, 0.25) is 0 Å². The smallest absolute Gasteiger partial charge is 0.258 e. The van der Waals surface area contributed by atoms with Crippen molar-refractivity contribution in [1.29, 1.82) is 0 Å². The minimum atomic E-state index is -0.132. The summed E-state index contributed by atoms with van der Waals surface area (Å²) in [5.74, 6) is 0.625. The van der Waals surface area contributed by atoms with Crippen molar-refractivity contribution in [1.82, 2.24) is 10.2 Å². The number of ether oxygens (including phenoxy) is 2. The lowest BCUT2D eigenvalue weighted by Gasteiger charge is -2.11. The topological polar surface area (TPSA) is 50.8 Å². The van der Waals surface area contributed by atoms with Crippen molar-refractivity contribution >= 4 is 5.91 Å². The van der Waals surface area contributed by atoms with E-state index in [1.54, 1.807) is 0 Å². The van der Waals surface area contributed by atoms with E-state index in [9.17, 15) is 4.79 Å². The molecule has 21 heavy (non-hydrogen) atoms. The average Bonchev–Trinajstić information content (AvgIpc) is 2.43. The van der Waals surface area contributed by atoms with Crippen LogP contribution >= 0.6 is 0 Å². The Balaban J connectivity index is 2.15. The number of hydrogen-bond donors (Lipinski definition) is 1. The first-order chi connectivity index (χ1) is 9.99. The average molecular weight is 294 g/mol. The van der Waals surface area contributed by atoms with Gasteiger partial charge >= 0.3 is 0 Å². The molecule has 5 heteroatoms. The van der Waals surface area contributed by atoms with Crippen LogP contribution in [0.3, 0.4) is 0 Å². The number of carbonyl (C=O) groups excluding carboxylic acids is 1. The quantitative estimate of drug-likeness (QED) is 0.699. The van der Waals surface area contributed by atoms with E-state index in [1.165, 1.54) is 0 Å². The number of amides is 1. The van der Waals surface area contributed by atoms with Gasteiger partial charge in [0, 0.05) is 13.1 Å². The van der Waals surface area contributed by atoms with Gasteiger partial charge in [-0.05, 0) is 45.1 Å². The second-order valence-electron chi connectivity index (χ2n) is 5.32. The Bertz CT molecular complexity index is 447. The van der Waals surface area contributed by atoms with Crippen LogP contribution in [-0.4, -0.2) is 57.8 Å². The molecule has 1 amide bonds. The van der Waals surface area contributed by atoms with E-state index in [1.807, 2.05) is 46.1 Å². The first-order valence-electron chi connectivity index (χ1n) is 7.18. The highest BCUT2D eigenvalue weighted by atomic mass is 16.5. The Kier molecular flexibility index (Phi) is 7.79. The summed E-state index contributed by atoms with van der Waals surface area (Å²) >= 11 is 0. The van der Waals surface area contributed by atoms with E-state index < -0.39 is 0 Å². The van der Waals surface area contributed by atoms with Crippen LogP contribution < -0.4 is 10.1 Å². The highest BCUT2D eigenvalue weighted by Crippen LogP contribution is 2.18. The van der Waals surface area contributed by atoms with Crippen LogP contribution in [0.15, 0.2) is 18.2 Å². The minimum absolute atomic E-state index is 0.0298. The number of rotatable bonds is 9. The monoisotopic (exact) mass is 294 g/mol. The van der Waals surface area contributed by atoms with Crippen molar-refractivity contribution < 1.29 is 14.3 Å². The molecule has 0 bridgehead atoms. The maximum absolute atomic E-state index is 11.7. The molecule has 1 aromatic carbocycles. The summed E-state index contributed by atoms with van der Waals surface area (Å²) in [6.45, 7) is 6.56. The van der Waals surface area contributed by atoms with Crippen LogP contribution in [0.1, 0.15) is 11.1 Å². The molecule has 1 rings (SSSR count). The third-order valence-electron chi connectivity index (χ3n) is 2.95. The second-order valence-corrected chi connectivity index (χ2v) is 5.32. The Morgan fingerprint density at radius 2 is 2.00 bits per heavy atom. The summed E-state index contributed by atoms with van der Waals surface area (Å²) in [6.07, 6.45) is 0. The SMILES string of the molecule is Cc1ccc(C)c(OCC(=O)NCCOCCN(C)C)c1. The molecular formula is C16H26N2O3. The van der Waals surface area contributed by atoms with Crippen molar-refractivity contribution in [3.8, 4) is 5.75 Å². The van der Waals surface area contributed by atoms with Gasteiger partial charge in [0.25, 0.3) is 5.91 Å². The van der Waals surface area contributed by atoms with Crippen molar-refractivity contribution in [2.24, 2.45) is 0 Å². The van der Waals surface area contributed by atoms with Crippen LogP contribution in [-0.2, 0) is 9.53 Å². The van der Waals surface area contributed by atoms with E-state index in [-0.39, 0.29) is 12.5 Å². The summed E-state index contributed by atoms with van der Waals surface area (Å²) in [5, 5.41) is 2.77. The van der Waals surface area contributed by atoms with E-state index in [2.05, 4.69) is 10.2 Å². The highest BCUT2D eigenvalue weighted by Gasteiger charge is 2.04. The second kappa shape index (κ2) is 9.37. The number of nitrogens with zero attached hydrogens (tertiary/aromatic N) is 1. The van der Waals surface area contributed by atoms with Gasteiger partial charge in [0.1, 0.15) is 5.75 Å². The Hall–Kier alpha value is -1.59. The number of carbonyl (C=O) groups is 1. The predicted octanol–water partition coefficient (Wildman–Crippen LogP) is 1.38. The number of aryl methyl sites for hydroxylation is 2. The normalized spacial score (nSPS) is 10.7. The molecule has 0 heterocycles. The molecule has 0 saturated heterocycles. The number of likely N-dealkylation sites (N-methyl/N-ethyl adjacent to an activating group) is 1. The van der Waals surface area contributed by atoms with E-state index >= 15 is 0 Å².